The maximum absolute atomic E-state index is 12.6. The molecule has 1 aliphatic carbocycles. The first kappa shape index (κ1) is 52.9. The Hall–Kier alpha value is 0.860. The number of hydrogen-bond acceptors (Lipinski definition) is 22. The molecular weight excluding hydrogens is 929 g/mol. The van der Waals surface area contributed by atoms with Crippen molar-refractivity contribution in [3.05, 3.63) is 0 Å². The number of aliphatic carboxylic acids is 2. The number of ether oxygens (including phenoxy) is 4. The van der Waals surface area contributed by atoms with Crippen LogP contribution in [0.3, 0.4) is 0 Å². The van der Waals surface area contributed by atoms with Gasteiger partial charge in [0.1, 0.15) is 67.1 Å². The number of rotatable bonds is 14. The monoisotopic (exact) mass is 975 g/mol. The number of nitrogens with one attached hydrogen (secondary N) is 1. The zero-order valence-electron chi connectivity index (χ0n) is 28.3. The van der Waals surface area contributed by atoms with E-state index >= 15 is 0 Å². The molecule has 2 heterocycles. The Bertz CT molecular complexity index is 1100. The summed E-state index contributed by atoms with van der Waals surface area (Å²) < 4.78 is 22.5. The zero-order valence-corrected chi connectivity index (χ0v) is 35.3. The van der Waals surface area contributed by atoms with Gasteiger partial charge in [0.2, 0.25) is 5.91 Å². The number of carboxylic acid groups (broad SMARTS) is 2. The molecule has 0 aromatic rings. The number of amides is 1. The van der Waals surface area contributed by atoms with E-state index in [1.54, 1.807) is 0 Å². The summed E-state index contributed by atoms with van der Waals surface area (Å²) in [4.78, 5) is 32.5. The molecule has 296 valence electrons. The molecule has 0 aromatic heterocycles. The Morgan fingerprint density at radius 1 is 0.865 bits per heavy atom. The molecule has 0 bridgehead atoms. The van der Waals surface area contributed by atoms with Crippen molar-refractivity contribution in [1.82, 2.24) is 5.32 Å². The minimum atomic E-state index is -1.76. The molecule has 3 fully saturated rings. The van der Waals surface area contributed by atoms with E-state index in [1.807, 2.05) is 19.7 Å². The average Bonchev–Trinajstić information content (AvgIpc) is 3.07. The predicted octanol–water partition coefficient (Wildman–Crippen LogP) is -17.0. The Labute approximate surface area is 357 Å². The van der Waals surface area contributed by atoms with Crippen LogP contribution in [0, 0.1) is 0 Å². The quantitative estimate of drug-likeness (QED) is 0.0719. The molecule has 3 aliphatic rings. The van der Waals surface area contributed by atoms with Crippen LogP contribution in [0.4, 0.5) is 0 Å². The van der Waals surface area contributed by atoms with Crippen LogP contribution in [0.15, 0.2) is 0 Å². The molecule has 0 aromatic carbocycles. The Morgan fingerprint density at radius 3 is 1.90 bits per heavy atom. The summed E-state index contributed by atoms with van der Waals surface area (Å²) in [7, 11) is 0.868. The number of aliphatic hydroxyl groups is 8. The van der Waals surface area contributed by atoms with Gasteiger partial charge in [-0.1, -0.05) is 0 Å². The van der Waals surface area contributed by atoms with Crippen molar-refractivity contribution in [3.63, 3.8) is 0 Å². The molecule has 0 radical (unpaired) electrons. The van der Waals surface area contributed by atoms with Gasteiger partial charge in [0, 0.05) is 12.6 Å². The summed E-state index contributed by atoms with van der Waals surface area (Å²) in [6.45, 7) is -0.898. The molecule has 52 heavy (non-hydrogen) atoms. The standard InChI is InChI=1S/C22H43N5O13.C4H6O4S.Au.2Na/c23-2-1-8(29)20(36)27-7-3-6(25)18(39-22-16(34)15(33)13(31)9(4-24)37-22)17(35)19(7)40-21-14(32)11(26)12(30)10(5-28)38-21;5-3(6)1-2(9)4(7)8;;;/h6-19,21-22,28-35H,1-5,23-26H2,(H,27,36);2,9H,1H2,(H,5,6)(H,7,8);;;/q;;3*+1/p-3/t6-,7+,8-,9+,10+,11-,12+,13+,14+,15-,16+,17-,18+,19-,21+,22+;;;;/m0..../s1. The molecule has 22 nitrogen and oxygen atoms in total. The van der Waals surface area contributed by atoms with E-state index in [2.05, 4.69) is 5.32 Å². The molecular formula is C26H46AuN5Na2O17S. The minimum Gasteiger partial charge on any atom is 1.00 e. The van der Waals surface area contributed by atoms with Gasteiger partial charge >= 0.3 is 131 Å². The van der Waals surface area contributed by atoms with E-state index in [4.69, 9.17) is 41.9 Å². The normalized spacial score (nSPS) is 38.6. The molecule has 1 amide bonds. The fraction of sp³-hybridized carbons (Fsp3) is 0.885. The van der Waals surface area contributed by atoms with Crippen LogP contribution in [0.1, 0.15) is 19.3 Å². The molecule has 2 aliphatic heterocycles. The smallest absolute Gasteiger partial charge is 1.00 e. The third-order valence-electron chi connectivity index (χ3n) is 8.21. The van der Waals surface area contributed by atoms with E-state index in [-0.39, 0.29) is 85.0 Å². The zero-order chi connectivity index (χ0) is 38.0. The van der Waals surface area contributed by atoms with E-state index in [9.17, 15) is 65.4 Å². The minimum absolute atomic E-state index is 0. The summed E-state index contributed by atoms with van der Waals surface area (Å²) in [5.74, 6) is -3.60. The number of aliphatic hydroxyl groups excluding tert-OH is 8. The van der Waals surface area contributed by atoms with Crippen molar-refractivity contribution < 1.29 is 163 Å². The number of carboxylic acids is 2. The molecule has 2 saturated heterocycles. The van der Waals surface area contributed by atoms with Crippen LogP contribution in [0.2, 0.25) is 0 Å². The van der Waals surface area contributed by atoms with E-state index < -0.39 is 134 Å². The van der Waals surface area contributed by atoms with E-state index in [0.29, 0.717) is 0 Å². The topological polar surface area (TPSA) is 412 Å². The number of carbonyl (C=O) groups excluding carboxylic acids is 3. The van der Waals surface area contributed by atoms with Crippen LogP contribution in [-0.4, -0.2) is 181 Å². The second-order valence-corrected chi connectivity index (χ2v) is 14.0. The van der Waals surface area contributed by atoms with Crippen LogP contribution in [0.5, 0.6) is 0 Å². The van der Waals surface area contributed by atoms with Gasteiger partial charge in [-0.3, -0.25) is 4.79 Å². The SMILES string of the molecule is NCC[C@H](O)C(=O)N[C@@H]1C[C@H](N)[C@@H](O[C@H]2O[C@H](CN)[C@@H](O)[C@H](O)[C@H]2O)[C@H](O)[C@H]1O[C@H]1O[C@H](CO)[C@@H](O)[C@H](N)[C@H]1O.O=C([O-])CC([S][Au])C(=O)[O-].[Na+].[Na+]. The van der Waals surface area contributed by atoms with Crippen LogP contribution in [0.25, 0.3) is 0 Å². The summed E-state index contributed by atoms with van der Waals surface area (Å²) in [6.07, 6.45) is -20.3. The molecule has 1 saturated carbocycles. The summed E-state index contributed by atoms with van der Waals surface area (Å²) in [5, 5.41) is 104. The fourth-order valence-electron chi connectivity index (χ4n) is 5.36. The third kappa shape index (κ3) is 14.4. The van der Waals surface area contributed by atoms with Gasteiger partial charge in [0.25, 0.3) is 0 Å². The van der Waals surface area contributed by atoms with Crippen molar-refractivity contribution in [2.75, 3.05) is 19.7 Å². The van der Waals surface area contributed by atoms with Gasteiger partial charge in [0.05, 0.1) is 18.7 Å². The van der Waals surface area contributed by atoms with Gasteiger partial charge in [0.15, 0.2) is 12.6 Å². The largest absolute Gasteiger partial charge is 1.00 e. The maximum Gasteiger partial charge on any atom is 1.00 e. The van der Waals surface area contributed by atoms with E-state index in [1.165, 1.54) is 0 Å². The molecule has 26 heteroatoms. The fourth-order valence-corrected chi connectivity index (χ4v) is 6.77. The summed E-state index contributed by atoms with van der Waals surface area (Å²) in [6, 6.07) is -3.45. The Morgan fingerprint density at radius 2 is 1.42 bits per heavy atom. The van der Waals surface area contributed by atoms with Crippen molar-refractivity contribution in [2.45, 2.75) is 122 Å². The molecule has 3 rings (SSSR count). The van der Waals surface area contributed by atoms with Crippen LogP contribution < -0.4 is 97.6 Å². The summed E-state index contributed by atoms with van der Waals surface area (Å²) in [5.41, 5.74) is 23.1. The number of carbonyl (C=O) groups is 3. The van der Waals surface area contributed by atoms with Gasteiger partial charge in [-0.05, 0) is 19.4 Å². The summed E-state index contributed by atoms with van der Waals surface area (Å²) >= 11 is 1.87. The van der Waals surface area contributed by atoms with Gasteiger partial charge in [-0.15, -0.1) is 0 Å². The van der Waals surface area contributed by atoms with Crippen molar-refractivity contribution in [3.8, 4) is 0 Å². The number of hydrogen-bond donors (Lipinski definition) is 13. The van der Waals surface area contributed by atoms with Crippen molar-refractivity contribution >= 4 is 27.1 Å². The number of nitrogens with two attached hydrogens (primary N) is 4. The first-order valence-electron chi connectivity index (χ1n) is 15.3. The Kier molecular flexibility index (Phi) is 25.7. The van der Waals surface area contributed by atoms with Crippen LogP contribution >= 0.6 is 9.23 Å². The second kappa shape index (κ2) is 25.3. The van der Waals surface area contributed by atoms with Crippen LogP contribution in [-0.2, 0) is 53.1 Å². The van der Waals surface area contributed by atoms with E-state index in [0.717, 1.165) is 9.23 Å². The third-order valence-corrected chi connectivity index (χ3v) is 10.6. The molecule has 17 atom stereocenters. The van der Waals surface area contributed by atoms with Crippen molar-refractivity contribution in [2.24, 2.45) is 22.9 Å². The predicted molar refractivity (Wildman–Crippen MR) is 157 cm³/mol. The first-order valence-corrected chi connectivity index (χ1v) is 18.7. The molecule has 17 N–H and O–H groups in total. The van der Waals surface area contributed by atoms with Gasteiger partial charge in [-0.25, -0.2) is 0 Å². The molecule has 1 unspecified atom stereocenters. The average molecular weight is 976 g/mol. The Balaban J connectivity index is 0.00000189. The second-order valence-electron chi connectivity index (χ2n) is 11.8. The van der Waals surface area contributed by atoms with Gasteiger partial charge < -0.3 is 88.1 Å². The van der Waals surface area contributed by atoms with Crippen molar-refractivity contribution in [1.29, 1.82) is 0 Å². The first-order chi connectivity index (χ1) is 23.4. The maximum atomic E-state index is 12.6. The van der Waals surface area contributed by atoms with Gasteiger partial charge in [-0.2, -0.15) is 0 Å². The molecule has 0 spiro atoms.